The van der Waals surface area contributed by atoms with Crippen molar-refractivity contribution < 1.29 is 31.5 Å². The predicted octanol–water partition coefficient (Wildman–Crippen LogP) is 5.48. The highest BCUT2D eigenvalue weighted by atomic mass is 19.4. The third-order valence-corrected chi connectivity index (χ3v) is 5.23. The van der Waals surface area contributed by atoms with Gasteiger partial charge in [-0.15, -0.1) is 0 Å². The number of aromatic nitrogens is 1. The molecular formula is C21H25F5N2O2. The molecule has 1 aliphatic heterocycles. The normalized spacial score (nSPS) is 20.6. The van der Waals surface area contributed by atoms with Gasteiger partial charge in [0.1, 0.15) is 17.6 Å². The first-order valence-corrected chi connectivity index (χ1v) is 9.71. The number of alkyl halides is 4. The Kier molecular flexibility index (Phi) is 5.77. The summed E-state index contributed by atoms with van der Waals surface area (Å²) in [5.41, 5.74) is -0.186. The fourth-order valence-corrected chi connectivity index (χ4v) is 3.84. The predicted molar refractivity (Wildman–Crippen MR) is 103 cm³/mol. The molecule has 30 heavy (non-hydrogen) atoms. The molecular weight excluding hydrogens is 407 g/mol. The number of rotatable bonds is 2. The highest BCUT2D eigenvalue weighted by Crippen LogP contribution is 2.36. The molecule has 1 aromatic carbocycles. The lowest BCUT2D eigenvalue weighted by atomic mass is 9.87. The number of fused-ring (bicyclic) bond motifs is 1. The van der Waals surface area contributed by atoms with E-state index in [0.29, 0.717) is 10.9 Å². The molecule has 2 heterocycles. The Morgan fingerprint density at radius 1 is 1.20 bits per heavy atom. The van der Waals surface area contributed by atoms with Crippen LogP contribution in [0.1, 0.15) is 44.4 Å². The van der Waals surface area contributed by atoms with Crippen molar-refractivity contribution in [3.05, 3.63) is 35.3 Å². The molecule has 1 aromatic heterocycles. The summed E-state index contributed by atoms with van der Waals surface area (Å²) in [6.45, 7) is 5.10. The Morgan fingerprint density at radius 2 is 1.87 bits per heavy atom. The molecule has 1 fully saturated rings. The number of likely N-dealkylation sites (tertiary alicyclic amines) is 1. The third kappa shape index (κ3) is 4.87. The smallest absolute Gasteiger partial charge is 0.410 e. The van der Waals surface area contributed by atoms with Crippen LogP contribution < -0.4 is 0 Å². The molecule has 166 valence electrons. The van der Waals surface area contributed by atoms with E-state index in [1.165, 1.54) is 28.6 Å². The Labute approximate surface area is 171 Å². The molecule has 2 atom stereocenters. The summed E-state index contributed by atoms with van der Waals surface area (Å²) < 4.78 is 74.6. The molecule has 0 saturated carbocycles. The molecule has 1 amide bonds. The van der Waals surface area contributed by atoms with Gasteiger partial charge in [-0.05, 0) is 51.0 Å². The van der Waals surface area contributed by atoms with Gasteiger partial charge in [-0.25, -0.2) is 13.6 Å². The monoisotopic (exact) mass is 432 g/mol. The van der Waals surface area contributed by atoms with Crippen LogP contribution in [0.25, 0.3) is 10.9 Å². The van der Waals surface area contributed by atoms with Crippen LogP contribution in [0.4, 0.5) is 26.7 Å². The van der Waals surface area contributed by atoms with Crippen molar-refractivity contribution in [1.82, 2.24) is 9.47 Å². The first-order chi connectivity index (χ1) is 13.7. The zero-order valence-electron chi connectivity index (χ0n) is 17.3. The molecule has 0 aliphatic carbocycles. The van der Waals surface area contributed by atoms with E-state index in [0.717, 1.165) is 6.07 Å². The van der Waals surface area contributed by atoms with Crippen molar-refractivity contribution in [1.29, 1.82) is 0 Å². The molecule has 3 rings (SSSR count). The van der Waals surface area contributed by atoms with Crippen molar-refractivity contribution >= 4 is 17.0 Å². The average molecular weight is 432 g/mol. The molecule has 1 saturated heterocycles. The van der Waals surface area contributed by atoms with Crippen molar-refractivity contribution in [3.63, 3.8) is 0 Å². The minimum absolute atomic E-state index is 0.00518. The SMILES string of the molecule is Cn1c(CC(F)(F)F)cc2cc(F)c([C@H]3CCN(C(=O)OC(C)(C)C)C[C@H]3F)cc21. The van der Waals surface area contributed by atoms with E-state index in [4.69, 9.17) is 4.74 Å². The van der Waals surface area contributed by atoms with Gasteiger partial charge in [0.25, 0.3) is 0 Å². The first kappa shape index (κ1) is 22.4. The van der Waals surface area contributed by atoms with E-state index >= 15 is 0 Å². The standard InChI is InChI=1S/C21H25F5N2O2/c1-20(2,3)30-19(29)28-6-5-14(17(23)11-28)15-9-18-12(8-16(15)22)7-13(27(18)4)10-21(24,25)26/h7-9,14,17H,5-6,10-11H2,1-4H3/t14-,17-/m1/s1. The molecule has 2 aromatic rings. The zero-order valence-corrected chi connectivity index (χ0v) is 17.3. The van der Waals surface area contributed by atoms with E-state index in [1.54, 1.807) is 20.8 Å². The van der Waals surface area contributed by atoms with Crippen LogP contribution in [0.3, 0.4) is 0 Å². The maximum absolute atomic E-state index is 14.9. The van der Waals surface area contributed by atoms with Crippen LogP contribution in [-0.4, -0.2) is 46.6 Å². The lowest BCUT2D eigenvalue weighted by molar-refractivity contribution is -0.128. The van der Waals surface area contributed by atoms with Crippen molar-refractivity contribution in [2.75, 3.05) is 13.1 Å². The van der Waals surface area contributed by atoms with Crippen molar-refractivity contribution in [2.45, 2.75) is 57.5 Å². The third-order valence-electron chi connectivity index (χ3n) is 5.23. The minimum atomic E-state index is -4.39. The fraction of sp³-hybridized carbons (Fsp3) is 0.571. The van der Waals surface area contributed by atoms with Crippen LogP contribution in [0.2, 0.25) is 0 Å². The van der Waals surface area contributed by atoms with Gasteiger partial charge < -0.3 is 14.2 Å². The number of piperidine rings is 1. The summed E-state index contributed by atoms with van der Waals surface area (Å²) in [5, 5.41) is 0.333. The number of benzene rings is 1. The topological polar surface area (TPSA) is 34.5 Å². The Morgan fingerprint density at radius 3 is 2.43 bits per heavy atom. The molecule has 0 unspecified atom stereocenters. The van der Waals surface area contributed by atoms with Crippen LogP contribution in [-0.2, 0) is 18.2 Å². The molecule has 0 N–H and O–H groups in total. The molecule has 0 radical (unpaired) electrons. The summed E-state index contributed by atoms with van der Waals surface area (Å²) in [6.07, 6.45) is -7.48. The van der Waals surface area contributed by atoms with E-state index in [9.17, 15) is 26.7 Å². The van der Waals surface area contributed by atoms with Crippen LogP contribution in [0.15, 0.2) is 18.2 Å². The van der Waals surface area contributed by atoms with Gasteiger partial charge in [0.15, 0.2) is 0 Å². The number of amides is 1. The van der Waals surface area contributed by atoms with Crippen molar-refractivity contribution in [3.8, 4) is 0 Å². The quantitative estimate of drug-likeness (QED) is 0.589. The lowest BCUT2D eigenvalue weighted by Crippen LogP contribution is -2.46. The van der Waals surface area contributed by atoms with Crippen LogP contribution in [0.5, 0.6) is 0 Å². The average Bonchev–Trinajstić information content (AvgIpc) is 2.86. The number of hydrogen-bond donors (Lipinski definition) is 0. The van der Waals surface area contributed by atoms with Gasteiger partial charge in [0.2, 0.25) is 0 Å². The summed E-state index contributed by atoms with van der Waals surface area (Å²) in [6, 6.07) is 3.87. The number of aryl methyl sites for hydroxylation is 1. The molecule has 9 heteroatoms. The largest absolute Gasteiger partial charge is 0.444 e. The second-order valence-corrected chi connectivity index (χ2v) is 8.76. The van der Waals surface area contributed by atoms with E-state index in [-0.39, 0.29) is 30.8 Å². The second-order valence-electron chi connectivity index (χ2n) is 8.76. The van der Waals surface area contributed by atoms with Crippen molar-refractivity contribution in [2.24, 2.45) is 7.05 Å². The number of hydrogen-bond acceptors (Lipinski definition) is 2. The molecule has 1 aliphatic rings. The summed E-state index contributed by atoms with van der Waals surface area (Å²) in [4.78, 5) is 13.4. The maximum Gasteiger partial charge on any atom is 0.410 e. The molecule has 4 nitrogen and oxygen atoms in total. The highest BCUT2D eigenvalue weighted by molar-refractivity contribution is 5.82. The maximum atomic E-state index is 14.9. The summed E-state index contributed by atoms with van der Waals surface area (Å²) >= 11 is 0. The number of halogens is 5. The Bertz CT molecular complexity index is 945. The van der Waals surface area contributed by atoms with E-state index < -0.39 is 42.2 Å². The van der Waals surface area contributed by atoms with Gasteiger partial charge in [0.05, 0.1) is 13.0 Å². The fourth-order valence-electron chi connectivity index (χ4n) is 3.84. The van der Waals surface area contributed by atoms with E-state index in [2.05, 4.69) is 0 Å². The summed E-state index contributed by atoms with van der Waals surface area (Å²) in [5.74, 6) is -1.46. The molecule has 0 spiro atoms. The Balaban J connectivity index is 1.84. The van der Waals surface area contributed by atoms with Crippen LogP contribution in [0, 0.1) is 5.82 Å². The first-order valence-electron chi connectivity index (χ1n) is 9.71. The van der Waals surface area contributed by atoms with E-state index in [1.807, 2.05) is 0 Å². The van der Waals surface area contributed by atoms with Gasteiger partial charge in [-0.3, -0.25) is 0 Å². The lowest BCUT2D eigenvalue weighted by Gasteiger charge is -2.36. The van der Waals surface area contributed by atoms with Gasteiger partial charge >= 0.3 is 12.3 Å². The molecule has 0 bridgehead atoms. The minimum Gasteiger partial charge on any atom is -0.444 e. The number of carbonyl (C=O) groups excluding carboxylic acids is 1. The van der Waals surface area contributed by atoms with Gasteiger partial charge in [0, 0.05) is 36.1 Å². The van der Waals surface area contributed by atoms with Gasteiger partial charge in [-0.2, -0.15) is 13.2 Å². The summed E-state index contributed by atoms with van der Waals surface area (Å²) in [7, 11) is 1.48. The Hall–Kier alpha value is -2.32. The highest BCUT2D eigenvalue weighted by Gasteiger charge is 2.36. The van der Waals surface area contributed by atoms with Crippen LogP contribution >= 0.6 is 0 Å². The number of carbonyl (C=O) groups is 1. The number of ether oxygens (including phenoxy) is 1. The number of nitrogens with zero attached hydrogens (tertiary/aromatic N) is 2. The second kappa shape index (κ2) is 7.74. The van der Waals surface area contributed by atoms with Gasteiger partial charge in [-0.1, -0.05) is 0 Å². The zero-order chi connectivity index (χ0) is 22.4.